The summed E-state index contributed by atoms with van der Waals surface area (Å²) in [6.45, 7) is 4.81. The number of benzene rings is 2. The van der Waals surface area contributed by atoms with Crippen molar-refractivity contribution in [1.29, 1.82) is 0 Å². The highest BCUT2D eigenvalue weighted by Gasteiger charge is 2.25. The van der Waals surface area contributed by atoms with E-state index in [1.54, 1.807) is 0 Å². The molecule has 1 saturated heterocycles. The first-order chi connectivity index (χ1) is 14.7. The van der Waals surface area contributed by atoms with Crippen molar-refractivity contribution >= 4 is 17.5 Å². The van der Waals surface area contributed by atoms with E-state index in [1.165, 1.54) is 11.1 Å². The number of para-hydroxylation sites is 1. The van der Waals surface area contributed by atoms with Crippen LogP contribution in [0.2, 0.25) is 0 Å². The van der Waals surface area contributed by atoms with E-state index >= 15 is 0 Å². The molecule has 0 N–H and O–H groups in total. The van der Waals surface area contributed by atoms with Crippen LogP contribution in [0.1, 0.15) is 30.4 Å². The van der Waals surface area contributed by atoms with Crippen molar-refractivity contribution < 1.29 is 9.59 Å². The first kappa shape index (κ1) is 20.6. The molecule has 158 valence electrons. The number of piperazine rings is 1. The van der Waals surface area contributed by atoms with Crippen LogP contribution in [0.15, 0.2) is 54.6 Å². The van der Waals surface area contributed by atoms with Crippen molar-refractivity contribution in [2.24, 2.45) is 0 Å². The van der Waals surface area contributed by atoms with Crippen LogP contribution in [0.5, 0.6) is 0 Å². The monoisotopic (exact) mass is 405 g/mol. The van der Waals surface area contributed by atoms with Gasteiger partial charge in [0.15, 0.2) is 0 Å². The number of fused-ring (bicyclic) bond motifs is 1. The molecule has 2 aromatic carbocycles. The molecule has 0 atom stereocenters. The Balaban J connectivity index is 1.15. The molecule has 5 nitrogen and oxygen atoms in total. The van der Waals surface area contributed by atoms with Crippen LogP contribution in [0.3, 0.4) is 0 Å². The smallest absolute Gasteiger partial charge is 0.228 e. The zero-order valence-corrected chi connectivity index (χ0v) is 17.6. The molecule has 0 bridgehead atoms. The van der Waals surface area contributed by atoms with Gasteiger partial charge >= 0.3 is 0 Å². The maximum atomic E-state index is 12.7. The number of hydrogen-bond acceptors (Lipinski definition) is 3. The molecule has 0 unspecified atom stereocenters. The van der Waals surface area contributed by atoms with Crippen molar-refractivity contribution in [3.63, 3.8) is 0 Å². The molecule has 2 aromatic rings. The average Bonchev–Trinajstić information content (AvgIpc) is 3.23. The van der Waals surface area contributed by atoms with E-state index in [1.807, 2.05) is 46.2 Å². The third-order valence-corrected chi connectivity index (χ3v) is 6.25. The van der Waals surface area contributed by atoms with Gasteiger partial charge in [0.2, 0.25) is 11.8 Å². The number of carbonyl (C=O) groups is 2. The summed E-state index contributed by atoms with van der Waals surface area (Å²) in [6.07, 6.45) is 3.96. The van der Waals surface area contributed by atoms with Gasteiger partial charge in [0.1, 0.15) is 0 Å². The molecule has 0 radical (unpaired) electrons. The standard InChI is InChI=1S/C25H31N3O2/c29-24(12-6-9-21-7-2-1-3-8-21)27-19-17-26(18-20-27)15-14-25(30)28-16-13-22-10-4-5-11-23(22)28/h1-5,7-8,10-11H,6,9,12-20H2. The number of anilines is 1. The minimum atomic E-state index is 0.208. The Morgan fingerprint density at radius 1 is 0.767 bits per heavy atom. The van der Waals surface area contributed by atoms with Gasteiger partial charge in [-0.2, -0.15) is 0 Å². The van der Waals surface area contributed by atoms with Crippen molar-refractivity contribution in [3.05, 3.63) is 65.7 Å². The number of aryl methyl sites for hydroxylation is 1. The van der Waals surface area contributed by atoms with E-state index in [0.717, 1.165) is 64.2 Å². The fourth-order valence-corrected chi connectivity index (χ4v) is 4.45. The lowest BCUT2D eigenvalue weighted by Crippen LogP contribution is -2.49. The Hall–Kier alpha value is -2.66. The molecule has 2 amide bonds. The Morgan fingerprint density at radius 3 is 2.30 bits per heavy atom. The second-order valence-corrected chi connectivity index (χ2v) is 8.24. The van der Waals surface area contributed by atoms with Gasteiger partial charge in [0.05, 0.1) is 0 Å². The van der Waals surface area contributed by atoms with Crippen molar-refractivity contribution in [2.75, 3.05) is 44.2 Å². The molecule has 0 aliphatic carbocycles. The number of amides is 2. The van der Waals surface area contributed by atoms with Crippen LogP contribution in [-0.2, 0) is 22.4 Å². The van der Waals surface area contributed by atoms with Gasteiger partial charge in [0.25, 0.3) is 0 Å². The summed E-state index contributed by atoms with van der Waals surface area (Å²) in [5.74, 6) is 0.467. The molecule has 0 saturated carbocycles. The van der Waals surface area contributed by atoms with E-state index < -0.39 is 0 Å². The van der Waals surface area contributed by atoms with E-state index in [2.05, 4.69) is 23.1 Å². The highest BCUT2D eigenvalue weighted by Crippen LogP contribution is 2.27. The SMILES string of the molecule is O=C(CCCc1ccccc1)N1CCN(CCC(=O)N2CCc3ccccc32)CC1. The maximum Gasteiger partial charge on any atom is 0.228 e. The molecule has 4 rings (SSSR count). The van der Waals surface area contributed by atoms with Crippen LogP contribution in [0, 0.1) is 0 Å². The molecule has 2 aliphatic rings. The van der Waals surface area contributed by atoms with E-state index in [9.17, 15) is 9.59 Å². The lowest BCUT2D eigenvalue weighted by molar-refractivity contribution is -0.133. The van der Waals surface area contributed by atoms with Gasteiger partial charge in [-0.05, 0) is 36.5 Å². The zero-order chi connectivity index (χ0) is 20.8. The normalized spacial score (nSPS) is 16.5. The summed E-state index contributed by atoms with van der Waals surface area (Å²) < 4.78 is 0. The average molecular weight is 406 g/mol. The topological polar surface area (TPSA) is 43.9 Å². The predicted octanol–water partition coefficient (Wildman–Crippen LogP) is 3.13. The van der Waals surface area contributed by atoms with Gasteiger partial charge < -0.3 is 9.80 Å². The minimum absolute atomic E-state index is 0.208. The fraction of sp³-hybridized carbons (Fsp3) is 0.440. The Morgan fingerprint density at radius 2 is 1.50 bits per heavy atom. The Labute approximate surface area is 179 Å². The Bertz CT molecular complexity index is 860. The number of hydrogen-bond donors (Lipinski definition) is 0. The van der Waals surface area contributed by atoms with Crippen molar-refractivity contribution in [2.45, 2.75) is 32.1 Å². The van der Waals surface area contributed by atoms with Gasteiger partial charge in [-0.1, -0.05) is 48.5 Å². The molecule has 0 spiro atoms. The van der Waals surface area contributed by atoms with Crippen molar-refractivity contribution in [3.8, 4) is 0 Å². The molecule has 1 fully saturated rings. The molecule has 0 aromatic heterocycles. The van der Waals surface area contributed by atoms with Crippen LogP contribution >= 0.6 is 0 Å². The molecular weight excluding hydrogens is 374 g/mol. The molecule has 2 heterocycles. The predicted molar refractivity (Wildman–Crippen MR) is 120 cm³/mol. The van der Waals surface area contributed by atoms with Gasteiger partial charge in [-0.3, -0.25) is 14.5 Å². The highest BCUT2D eigenvalue weighted by atomic mass is 16.2. The molecule has 5 heteroatoms. The zero-order valence-electron chi connectivity index (χ0n) is 17.6. The minimum Gasteiger partial charge on any atom is -0.340 e. The van der Waals surface area contributed by atoms with Gasteiger partial charge in [-0.15, -0.1) is 0 Å². The van der Waals surface area contributed by atoms with Crippen LogP contribution < -0.4 is 4.90 Å². The summed E-state index contributed by atoms with van der Waals surface area (Å²) in [5.41, 5.74) is 3.64. The number of rotatable bonds is 7. The van der Waals surface area contributed by atoms with Crippen LogP contribution in [0.4, 0.5) is 5.69 Å². The lowest BCUT2D eigenvalue weighted by Gasteiger charge is -2.35. The second kappa shape index (κ2) is 9.90. The van der Waals surface area contributed by atoms with E-state index in [0.29, 0.717) is 12.8 Å². The quantitative estimate of drug-likeness (QED) is 0.711. The third kappa shape index (κ3) is 5.08. The summed E-state index contributed by atoms with van der Waals surface area (Å²) >= 11 is 0. The van der Waals surface area contributed by atoms with Crippen LogP contribution in [-0.4, -0.2) is 60.9 Å². The second-order valence-electron chi connectivity index (χ2n) is 8.24. The first-order valence-corrected chi connectivity index (χ1v) is 11.1. The third-order valence-electron chi connectivity index (χ3n) is 6.25. The maximum absolute atomic E-state index is 12.7. The largest absolute Gasteiger partial charge is 0.340 e. The summed E-state index contributed by atoms with van der Waals surface area (Å²) in [6, 6.07) is 18.5. The van der Waals surface area contributed by atoms with E-state index in [-0.39, 0.29) is 11.8 Å². The Kier molecular flexibility index (Phi) is 6.80. The number of carbonyl (C=O) groups excluding carboxylic acids is 2. The molecule has 30 heavy (non-hydrogen) atoms. The van der Waals surface area contributed by atoms with Gasteiger partial charge in [-0.25, -0.2) is 0 Å². The van der Waals surface area contributed by atoms with Crippen molar-refractivity contribution in [1.82, 2.24) is 9.80 Å². The fourth-order valence-electron chi connectivity index (χ4n) is 4.45. The number of nitrogens with zero attached hydrogens (tertiary/aromatic N) is 3. The summed E-state index contributed by atoms with van der Waals surface area (Å²) in [7, 11) is 0. The van der Waals surface area contributed by atoms with Crippen LogP contribution in [0.25, 0.3) is 0 Å². The molecule has 2 aliphatic heterocycles. The molecular formula is C25H31N3O2. The highest BCUT2D eigenvalue weighted by molar-refractivity contribution is 5.95. The summed E-state index contributed by atoms with van der Waals surface area (Å²) in [4.78, 5) is 31.4. The summed E-state index contributed by atoms with van der Waals surface area (Å²) in [5, 5.41) is 0. The first-order valence-electron chi connectivity index (χ1n) is 11.1. The van der Waals surface area contributed by atoms with E-state index in [4.69, 9.17) is 0 Å². The lowest BCUT2D eigenvalue weighted by atomic mass is 10.1. The van der Waals surface area contributed by atoms with Gasteiger partial charge in [0, 0.05) is 57.8 Å².